The van der Waals surface area contributed by atoms with Crippen molar-refractivity contribution in [2.24, 2.45) is 11.7 Å². The maximum Gasteiger partial charge on any atom is 0.237 e. The minimum atomic E-state index is -0.454. The highest BCUT2D eigenvalue weighted by molar-refractivity contribution is 5.82. The summed E-state index contributed by atoms with van der Waals surface area (Å²) in [5, 5.41) is 2.96. The van der Waals surface area contributed by atoms with Crippen LogP contribution >= 0.6 is 0 Å². The number of ether oxygens (including phenoxy) is 1. The number of hydrogen-bond acceptors (Lipinski definition) is 3. The van der Waals surface area contributed by atoms with Crippen LogP contribution in [0.2, 0.25) is 0 Å². The molecule has 112 valence electrons. The number of carbonyl (C=O) groups is 1. The van der Waals surface area contributed by atoms with Gasteiger partial charge in [0, 0.05) is 0 Å². The van der Waals surface area contributed by atoms with E-state index in [4.69, 9.17) is 10.5 Å². The van der Waals surface area contributed by atoms with Gasteiger partial charge in [0.15, 0.2) is 0 Å². The first-order valence-corrected chi connectivity index (χ1v) is 7.28. The minimum absolute atomic E-state index is 0.0618. The number of benzene rings is 1. The zero-order valence-electron chi connectivity index (χ0n) is 12.8. The van der Waals surface area contributed by atoms with E-state index < -0.39 is 6.04 Å². The highest BCUT2D eigenvalue weighted by atomic mass is 16.5. The molecule has 1 amide bonds. The van der Waals surface area contributed by atoms with Crippen LogP contribution in [-0.4, -0.2) is 18.6 Å². The number of amides is 1. The van der Waals surface area contributed by atoms with E-state index in [-0.39, 0.29) is 17.9 Å². The lowest BCUT2D eigenvalue weighted by Crippen LogP contribution is -2.45. The van der Waals surface area contributed by atoms with E-state index in [1.165, 1.54) is 0 Å². The van der Waals surface area contributed by atoms with E-state index in [0.717, 1.165) is 17.7 Å². The summed E-state index contributed by atoms with van der Waals surface area (Å²) in [5.74, 6) is 0.925. The van der Waals surface area contributed by atoms with Gasteiger partial charge in [-0.15, -0.1) is 0 Å². The van der Waals surface area contributed by atoms with Crippen LogP contribution in [0.5, 0.6) is 5.75 Å². The van der Waals surface area contributed by atoms with Gasteiger partial charge in [0.1, 0.15) is 5.75 Å². The number of nitrogens with two attached hydrogens (primary N) is 1. The van der Waals surface area contributed by atoms with Gasteiger partial charge in [0.2, 0.25) is 5.91 Å². The standard InChI is InChI=1S/C16H26N2O2/c1-5-11(3)15(17)16(19)18-12(4)13-7-9-14(10-8-13)20-6-2/h7-12,15H,5-6,17H2,1-4H3,(H,18,19). The van der Waals surface area contributed by atoms with Crippen molar-refractivity contribution in [3.8, 4) is 5.75 Å². The quantitative estimate of drug-likeness (QED) is 0.806. The fourth-order valence-electron chi connectivity index (χ4n) is 1.92. The summed E-state index contributed by atoms with van der Waals surface area (Å²) in [6.07, 6.45) is 0.895. The molecule has 0 fully saturated rings. The Hall–Kier alpha value is -1.55. The lowest BCUT2D eigenvalue weighted by atomic mass is 9.98. The van der Waals surface area contributed by atoms with Crippen LogP contribution in [0.3, 0.4) is 0 Å². The predicted molar refractivity (Wildman–Crippen MR) is 81.6 cm³/mol. The van der Waals surface area contributed by atoms with E-state index in [9.17, 15) is 4.79 Å². The number of hydrogen-bond donors (Lipinski definition) is 2. The van der Waals surface area contributed by atoms with Crippen molar-refractivity contribution < 1.29 is 9.53 Å². The Labute approximate surface area is 121 Å². The molecule has 1 rings (SSSR count). The maximum atomic E-state index is 12.0. The largest absolute Gasteiger partial charge is 0.494 e. The summed E-state index contributed by atoms with van der Waals surface area (Å²) in [6.45, 7) is 8.58. The molecule has 1 aromatic carbocycles. The average Bonchev–Trinajstić information content (AvgIpc) is 2.46. The lowest BCUT2D eigenvalue weighted by Gasteiger charge is -2.21. The third-order valence-corrected chi connectivity index (χ3v) is 3.61. The Morgan fingerprint density at radius 2 is 1.85 bits per heavy atom. The Morgan fingerprint density at radius 1 is 1.25 bits per heavy atom. The van der Waals surface area contributed by atoms with Gasteiger partial charge in [0.05, 0.1) is 18.7 Å². The second-order valence-electron chi connectivity index (χ2n) is 5.14. The monoisotopic (exact) mass is 278 g/mol. The molecule has 0 heterocycles. The number of nitrogens with one attached hydrogen (secondary N) is 1. The van der Waals surface area contributed by atoms with Crippen molar-refractivity contribution in [2.45, 2.75) is 46.2 Å². The van der Waals surface area contributed by atoms with Gasteiger partial charge in [-0.25, -0.2) is 0 Å². The topological polar surface area (TPSA) is 64.3 Å². The second-order valence-corrected chi connectivity index (χ2v) is 5.14. The van der Waals surface area contributed by atoms with Gasteiger partial charge in [-0.3, -0.25) is 4.79 Å². The fraction of sp³-hybridized carbons (Fsp3) is 0.562. The first kappa shape index (κ1) is 16.5. The van der Waals surface area contributed by atoms with E-state index in [1.807, 2.05) is 52.0 Å². The van der Waals surface area contributed by atoms with Crippen LogP contribution in [0.25, 0.3) is 0 Å². The van der Waals surface area contributed by atoms with Crippen molar-refractivity contribution in [2.75, 3.05) is 6.61 Å². The summed E-state index contributed by atoms with van der Waals surface area (Å²) in [4.78, 5) is 12.0. The van der Waals surface area contributed by atoms with Gasteiger partial charge >= 0.3 is 0 Å². The van der Waals surface area contributed by atoms with Gasteiger partial charge in [-0.2, -0.15) is 0 Å². The zero-order chi connectivity index (χ0) is 15.1. The summed E-state index contributed by atoms with van der Waals surface area (Å²) < 4.78 is 5.40. The van der Waals surface area contributed by atoms with Crippen LogP contribution in [-0.2, 0) is 4.79 Å². The molecule has 3 unspecified atom stereocenters. The molecule has 0 aliphatic rings. The van der Waals surface area contributed by atoms with Crippen molar-refractivity contribution >= 4 is 5.91 Å². The molecule has 1 aromatic rings. The molecular weight excluding hydrogens is 252 g/mol. The summed E-state index contributed by atoms with van der Waals surface area (Å²) in [5.41, 5.74) is 6.97. The molecule has 0 aliphatic heterocycles. The van der Waals surface area contributed by atoms with E-state index in [2.05, 4.69) is 5.32 Å². The van der Waals surface area contributed by atoms with Crippen molar-refractivity contribution in [3.63, 3.8) is 0 Å². The van der Waals surface area contributed by atoms with E-state index in [1.54, 1.807) is 0 Å². The van der Waals surface area contributed by atoms with E-state index >= 15 is 0 Å². The molecule has 0 saturated carbocycles. The SMILES string of the molecule is CCOc1ccc(C(C)NC(=O)C(N)C(C)CC)cc1. The average molecular weight is 278 g/mol. The first-order chi connectivity index (χ1) is 9.49. The molecule has 0 spiro atoms. The molecule has 4 nitrogen and oxygen atoms in total. The lowest BCUT2D eigenvalue weighted by molar-refractivity contribution is -0.124. The smallest absolute Gasteiger partial charge is 0.237 e. The molecule has 4 heteroatoms. The first-order valence-electron chi connectivity index (χ1n) is 7.28. The Bertz CT molecular complexity index is 417. The van der Waals surface area contributed by atoms with Crippen LogP contribution < -0.4 is 15.8 Å². The van der Waals surface area contributed by atoms with Crippen molar-refractivity contribution in [3.05, 3.63) is 29.8 Å². The van der Waals surface area contributed by atoms with E-state index in [0.29, 0.717) is 6.61 Å². The highest BCUT2D eigenvalue weighted by Crippen LogP contribution is 2.18. The summed E-state index contributed by atoms with van der Waals surface area (Å²) in [6, 6.07) is 7.24. The van der Waals surface area contributed by atoms with Crippen LogP contribution in [0, 0.1) is 5.92 Å². The molecule has 0 aliphatic carbocycles. The molecule has 0 saturated heterocycles. The summed E-state index contributed by atoms with van der Waals surface area (Å²) >= 11 is 0. The van der Waals surface area contributed by atoms with Crippen LogP contribution in [0.15, 0.2) is 24.3 Å². The molecular formula is C16H26N2O2. The molecule has 0 radical (unpaired) electrons. The minimum Gasteiger partial charge on any atom is -0.494 e. The number of carbonyl (C=O) groups excluding carboxylic acids is 1. The molecule has 0 bridgehead atoms. The number of rotatable bonds is 7. The Balaban J connectivity index is 2.61. The van der Waals surface area contributed by atoms with Crippen molar-refractivity contribution in [1.82, 2.24) is 5.32 Å². The zero-order valence-corrected chi connectivity index (χ0v) is 12.8. The molecule has 0 aromatic heterocycles. The van der Waals surface area contributed by atoms with Crippen LogP contribution in [0.1, 0.15) is 45.7 Å². The maximum absolute atomic E-state index is 12.0. The van der Waals surface area contributed by atoms with Crippen LogP contribution in [0.4, 0.5) is 0 Å². The normalized spacial score (nSPS) is 15.2. The molecule has 3 atom stereocenters. The van der Waals surface area contributed by atoms with Gasteiger partial charge in [0.25, 0.3) is 0 Å². The third-order valence-electron chi connectivity index (χ3n) is 3.61. The van der Waals surface area contributed by atoms with Gasteiger partial charge in [-0.05, 0) is 37.5 Å². The van der Waals surface area contributed by atoms with Gasteiger partial charge in [-0.1, -0.05) is 32.4 Å². The highest BCUT2D eigenvalue weighted by Gasteiger charge is 2.21. The Kier molecular flexibility index (Phi) is 6.52. The van der Waals surface area contributed by atoms with Gasteiger partial charge < -0.3 is 15.8 Å². The third kappa shape index (κ3) is 4.53. The van der Waals surface area contributed by atoms with Crippen molar-refractivity contribution in [1.29, 1.82) is 0 Å². The predicted octanol–water partition coefficient (Wildman–Crippen LogP) is 2.64. The molecule has 20 heavy (non-hydrogen) atoms. The molecule has 3 N–H and O–H groups in total. The summed E-state index contributed by atoms with van der Waals surface area (Å²) in [7, 11) is 0. The second kappa shape index (κ2) is 7.90. The Morgan fingerprint density at radius 3 is 2.35 bits per heavy atom. The fourth-order valence-corrected chi connectivity index (χ4v) is 1.92.